The van der Waals surface area contributed by atoms with Gasteiger partial charge < -0.3 is 5.43 Å². The molecule has 1 fully saturated rings. The van der Waals surface area contributed by atoms with Gasteiger partial charge in [-0.2, -0.15) is 0 Å². The molecule has 0 aromatic heterocycles. The molecule has 1 unspecified atom stereocenters. The van der Waals surface area contributed by atoms with E-state index in [9.17, 15) is 8.42 Å². The van der Waals surface area contributed by atoms with E-state index < -0.39 is 10.0 Å². The predicted octanol–water partition coefficient (Wildman–Crippen LogP) is 1.44. The van der Waals surface area contributed by atoms with Gasteiger partial charge in [0.1, 0.15) is 0 Å². The third-order valence-corrected chi connectivity index (χ3v) is 4.68. The highest BCUT2D eigenvalue weighted by Gasteiger charge is 2.26. The van der Waals surface area contributed by atoms with Crippen molar-refractivity contribution in [3.05, 3.63) is 24.3 Å². The number of hydrogen-bond acceptors (Lipinski definition) is 4. The van der Waals surface area contributed by atoms with Crippen LogP contribution in [0.4, 0.5) is 5.69 Å². The normalized spacial score (nSPS) is 17.4. The molecule has 5 nitrogen and oxygen atoms in total. The fraction of sp³-hybridized carbons (Fsp3) is 0.500. The highest BCUT2D eigenvalue weighted by molar-refractivity contribution is 7.89. The van der Waals surface area contributed by atoms with Gasteiger partial charge in [-0.1, -0.05) is 12.8 Å². The Morgan fingerprint density at radius 1 is 1.33 bits per heavy atom. The van der Waals surface area contributed by atoms with Crippen LogP contribution in [0.5, 0.6) is 0 Å². The number of nitrogen functional groups attached to an aromatic ring is 1. The van der Waals surface area contributed by atoms with Crippen molar-refractivity contribution in [2.45, 2.75) is 37.1 Å². The SMILES string of the molecule is CC(CC1CC1)NS(=O)(=O)c1ccc(NN)cc1. The minimum Gasteiger partial charge on any atom is -0.324 e. The lowest BCUT2D eigenvalue weighted by Gasteiger charge is -2.14. The number of nitrogens with two attached hydrogens (primary N) is 1. The number of benzene rings is 1. The van der Waals surface area contributed by atoms with Crippen LogP contribution in [0.1, 0.15) is 26.2 Å². The van der Waals surface area contributed by atoms with Crippen molar-refractivity contribution in [3.63, 3.8) is 0 Å². The number of anilines is 1. The molecule has 1 aromatic carbocycles. The fourth-order valence-corrected chi connectivity index (χ4v) is 3.22. The van der Waals surface area contributed by atoms with Gasteiger partial charge in [0.15, 0.2) is 0 Å². The van der Waals surface area contributed by atoms with Gasteiger partial charge in [-0.15, -0.1) is 0 Å². The molecule has 18 heavy (non-hydrogen) atoms. The third-order valence-electron chi connectivity index (χ3n) is 3.07. The summed E-state index contributed by atoms with van der Waals surface area (Å²) in [6.45, 7) is 1.91. The summed E-state index contributed by atoms with van der Waals surface area (Å²) in [5, 5.41) is 0. The average molecular weight is 269 g/mol. The second kappa shape index (κ2) is 5.26. The molecule has 0 heterocycles. The molecule has 1 aromatic rings. The summed E-state index contributed by atoms with van der Waals surface area (Å²) in [7, 11) is -3.42. The van der Waals surface area contributed by atoms with Gasteiger partial charge in [0.2, 0.25) is 10.0 Å². The van der Waals surface area contributed by atoms with Crippen LogP contribution in [0, 0.1) is 5.92 Å². The first kappa shape index (κ1) is 13.3. The molecule has 0 spiro atoms. The quantitative estimate of drug-likeness (QED) is 0.539. The second-order valence-corrected chi connectivity index (χ2v) is 6.58. The zero-order chi connectivity index (χ0) is 13.2. The highest BCUT2D eigenvalue weighted by atomic mass is 32.2. The van der Waals surface area contributed by atoms with Crippen LogP contribution in [0.15, 0.2) is 29.2 Å². The van der Waals surface area contributed by atoms with Gasteiger partial charge in [0, 0.05) is 11.7 Å². The van der Waals surface area contributed by atoms with Crippen LogP contribution in [0.25, 0.3) is 0 Å². The number of hydrazine groups is 1. The summed E-state index contributed by atoms with van der Waals surface area (Å²) in [4.78, 5) is 0.268. The molecule has 0 saturated heterocycles. The molecule has 4 N–H and O–H groups in total. The van der Waals surface area contributed by atoms with E-state index in [-0.39, 0.29) is 10.9 Å². The minimum absolute atomic E-state index is 0.0187. The van der Waals surface area contributed by atoms with Gasteiger partial charge >= 0.3 is 0 Å². The lowest BCUT2D eigenvalue weighted by atomic mass is 10.2. The second-order valence-electron chi connectivity index (χ2n) is 4.87. The van der Waals surface area contributed by atoms with Crippen LogP contribution in [-0.4, -0.2) is 14.5 Å². The standard InChI is InChI=1S/C12H19N3O2S/c1-9(8-10-2-3-10)15-18(16,17)12-6-4-11(14-13)5-7-12/h4-7,9-10,14-15H,2-3,8,13H2,1H3. The third kappa shape index (κ3) is 3.44. The molecule has 0 bridgehead atoms. The van der Waals surface area contributed by atoms with Gasteiger partial charge in [0.05, 0.1) is 4.90 Å². The monoisotopic (exact) mass is 269 g/mol. The van der Waals surface area contributed by atoms with Crippen molar-refractivity contribution in [2.75, 3.05) is 5.43 Å². The smallest absolute Gasteiger partial charge is 0.240 e. The van der Waals surface area contributed by atoms with E-state index in [1.165, 1.54) is 12.8 Å². The van der Waals surface area contributed by atoms with Crippen LogP contribution >= 0.6 is 0 Å². The van der Waals surface area contributed by atoms with Gasteiger partial charge in [-0.05, 0) is 43.5 Å². The van der Waals surface area contributed by atoms with Gasteiger partial charge in [-0.25, -0.2) is 13.1 Å². The van der Waals surface area contributed by atoms with E-state index in [1.54, 1.807) is 24.3 Å². The van der Waals surface area contributed by atoms with Crippen LogP contribution in [-0.2, 0) is 10.0 Å². The maximum Gasteiger partial charge on any atom is 0.240 e. The Kier molecular flexibility index (Phi) is 3.89. The van der Waals surface area contributed by atoms with E-state index in [0.717, 1.165) is 6.42 Å². The molecule has 1 atom stereocenters. The maximum absolute atomic E-state index is 12.1. The van der Waals surface area contributed by atoms with E-state index in [4.69, 9.17) is 5.84 Å². The Bertz CT molecular complexity index is 495. The Morgan fingerprint density at radius 3 is 2.44 bits per heavy atom. The Balaban J connectivity index is 2.03. The summed E-state index contributed by atoms with van der Waals surface area (Å²) in [5.74, 6) is 5.94. The first-order chi connectivity index (χ1) is 8.51. The van der Waals surface area contributed by atoms with Crippen molar-refractivity contribution >= 4 is 15.7 Å². The minimum atomic E-state index is -3.42. The molecule has 0 aliphatic heterocycles. The maximum atomic E-state index is 12.1. The van der Waals surface area contributed by atoms with Crippen molar-refractivity contribution in [3.8, 4) is 0 Å². The molecule has 2 rings (SSSR count). The number of nitrogens with one attached hydrogen (secondary N) is 2. The molecular formula is C12H19N3O2S. The van der Waals surface area contributed by atoms with E-state index in [1.807, 2.05) is 6.92 Å². The lowest BCUT2D eigenvalue weighted by molar-refractivity contribution is 0.530. The van der Waals surface area contributed by atoms with Crippen LogP contribution in [0.3, 0.4) is 0 Å². The molecule has 100 valence electrons. The molecule has 6 heteroatoms. The summed E-state index contributed by atoms with van der Waals surface area (Å²) in [5.41, 5.74) is 3.15. The van der Waals surface area contributed by atoms with E-state index in [0.29, 0.717) is 11.6 Å². The Hall–Kier alpha value is -1.11. The molecule has 0 amide bonds. The summed E-state index contributed by atoms with van der Waals surface area (Å²) in [6.07, 6.45) is 3.37. The lowest BCUT2D eigenvalue weighted by Crippen LogP contribution is -2.32. The van der Waals surface area contributed by atoms with Crippen molar-refractivity contribution < 1.29 is 8.42 Å². The van der Waals surface area contributed by atoms with E-state index >= 15 is 0 Å². The fourth-order valence-electron chi connectivity index (χ4n) is 1.96. The molecule has 1 aliphatic carbocycles. The molecule has 1 aliphatic rings. The van der Waals surface area contributed by atoms with Crippen LogP contribution < -0.4 is 16.0 Å². The summed E-state index contributed by atoms with van der Waals surface area (Å²) < 4.78 is 26.9. The van der Waals surface area contributed by atoms with E-state index in [2.05, 4.69) is 10.1 Å². The zero-order valence-corrected chi connectivity index (χ0v) is 11.2. The number of rotatable bonds is 6. The zero-order valence-electron chi connectivity index (χ0n) is 10.4. The summed E-state index contributed by atoms with van der Waals surface area (Å²) in [6, 6.07) is 6.35. The first-order valence-electron chi connectivity index (χ1n) is 6.10. The van der Waals surface area contributed by atoms with Gasteiger partial charge in [-0.3, -0.25) is 5.84 Å². The number of sulfonamides is 1. The van der Waals surface area contributed by atoms with Gasteiger partial charge in [0.25, 0.3) is 0 Å². The largest absolute Gasteiger partial charge is 0.324 e. The predicted molar refractivity (Wildman–Crippen MR) is 71.4 cm³/mol. The Labute approximate surface area is 108 Å². The summed E-state index contributed by atoms with van der Waals surface area (Å²) >= 11 is 0. The van der Waals surface area contributed by atoms with Crippen molar-refractivity contribution in [2.24, 2.45) is 11.8 Å². The highest BCUT2D eigenvalue weighted by Crippen LogP contribution is 2.33. The number of hydrogen-bond donors (Lipinski definition) is 3. The average Bonchev–Trinajstić information content (AvgIpc) is 3.12. The topological polar surface area (TPSA) is 84.2 Å². The molecule has 0 radical (unpaired) electrons. The van der Waals surface area contributed by atoms with Crippen molar-refractivity contribution in [1.82, 2.24) is 4.72 Å². The first-order valence-corrected chi connectivity index (χ1v) is 7.58. The van der Waals surface area contributed by atoms with Crippen LogP contribution in [0.2, 0.25) is 0 Å². The molecular weight excluding hydrogens is 250 g/mol. The van der Waals surface area contributed by atoms with Crippen molar-refractivity contribution in [1.29, 1.82) is 0 Å². The Morgan fingerprint density at radius 2 is 1.94 bits per heavy atom. The molecule has 1 saturated carbocycles.